The molecule has 1 atom stereocenters. The minimum Gasteiger partial charge on any atom is -0.374 e. The number of hydrogen-bond donors (Lipinski definition) is 1. The molecule has 1 unspecified atom stereocenters. The number of fused-ring (bicyclic) bond motifs is 1. The van der Waals surface area contributed by atoms with Crippen molar-refractivity contribution >= 4 is 5.69 Å². The van der Waals surface area contributed by atoms with Gasteiger partial charge in [-0.1, -0.05) is 18.2 Å². The number of nitrogens with one attached hydrogen (secondary N) is 1. The van der Waals surface area contributed by atoms with E-state index in [0.717, 1.165) is 12.2 Å². The summed E-state index contributed by atoms with van der Waals surface area (Å²) in [5.74, 6) is 0. The number of hydrogen-bond acceptors (Lipinski definition) is 3. The minimum absolute atomic E-state index is 0.268. The van der Waals surface area contributed by atoms with Crippen molar-refractivity contribution in [1.82, 2.24) is 10.3 Å². The lowest BCUT2D eigenvalue weighted by Gasteiger charge is -2.28. The summed E-state index contributed by atoms with van der Waals surface area (Å²) >= 11 is 0. The van der Waals surface area contributed by atoms with Crippen LogP contribution in [0, 0.1) is 0 Å². The summed E-state index contributed by atoms with van der Waals surface area (Å²) in [4.78, 5) is 6.76. The third kappa shape index (κ3) is 3.24. The Kier molecular flexibility index (Phi) is 4.20. The predicted octanol–water partition coefficient (Wildman–Crippen LogP) is 3.31. The quantitative estimate of drug-likeness (QED) is 0.932. The number of aromatic nitrogens is 1. The number of nitrogens with zero attached hydrogens (tertiary/aromatic N) is 2. The van der Waals surface area contributed by atoms with Crippen molar-refractivity contribution in [3.8, 4) is 0 Å². The normalized spacial score (nSPS) is 15.6. The van der Waals surface area contributed by atoms with Crippen molar-refractivity contribution in [2.24, 2.45) is 0 Å². The van der Waals surface area contributed by atoms with Crippen LogP contribution in [0.15, 0.2) is 42.6 Å². The zero-order valence-corrected chi connectivity index (χ0v) is 12.8. The second-order valence-corrected chi connectivity index (χ2v) is 5.85. The lowest BCUT2D eigenvalue weighted by molar-refractivity contribution is 0.561. The second kappa shape index (κ2) is 6.27. The lowest BCUT2D eigenvalue weighted by atomic mass is 9.99. The molecule has 3 rings (SSSR count). The van der Waals surface area contributed by atoms with Gasteiger partial charge in [0.15, 0.2) is 0 Å². The lowest BCUT2D eigenvalue weighted by Crippen LogP contribution is -2.25. The molecule has 0 fully saturated rings. The zero-order valence-electron chi connectivity index (χ0n) is 12.8. The topological polar surface area (TPSA) is 28.2 Å². The monoisotopic (exact) mass is 281 g/mol. The van der Waals surface area contributed by atoms with E-state index < -0.39 is 0 Å². The summed E-state index contributed by atoms with van der Waals surface area (Å²) in [6, 6.07) is 13.2. The average Bonchev–Trinajstić information content (AvgIpc) is 2.53. The first kappa shape index (κ1) is 14.1. The van der Waals surface area contributed by atoms with Crippen LogP contribution in [-0.2, 0) is 13.0 Å². The van der Waals surface area contributed by atoms with Gasteiger partial charge in [-0.25, -0.2) is 0 Å². The van der Waals surface area contributed by atoms with E-state index in [1.165, 1.54) is 36.2 Å². The Labute approximate surface area is 127 Å². The molecule has 0 saturated carbocycles. The van der Waals surface area contributed by atoms with Crippen LogP contribution < -0.4 is 10.2 Å². The summed E-state index contributed by atoms with van der Waals surface area (Å²) in [7, 11) is 2.18. The van der Waals surface area contributed by atoms with E-state index >= 15 is 0 Å². The maximum Gasteiger partial charge on any atom is 0.0570 e. The molecule has 21 heavy (non-hydrogen) atoms. The van der Waals surface area contributed by atoms with Crippen molar-refractivity contribution in [3.63, 3.8) is 0 Å². The van der Waals surface area contributed by atoms with E-state index in [-0.39, 0.29) is 6.04 Å². The summed E-state index contributed by atoms with van der Waals surface area (Å²) in [5, 5.41) is 3.56. The van der Waals surface area contributed by atoms with Gasteiger partial charge in [0, 0.05) is 38.1 Å². The van der Waals surface area contributed by atoms with Crippen LogP contribution in [0.4, 0.5) is 5.69 Å². The molecule has 2 aromatic rings. The second-order valence-electron chi connectivity index (χ2n) is 5.85. The Balaban J connectivity index is 1.66. The fraction of sp³-hybridized carbons (Fsp3) is 0.389. The Morgan fingerprint density at radius 3 is 3.00 bits per heavy atom. The smallest absolute Gasteiger partial charge is 0.0570 e. The van der Waals surface area contributed by atoms with E-state index in [4.69, 9.17) is 0 Å². The van der Waals surface area contributed by atoms with Crippen LogP contribution in [-0.4, -0.2) is 18.6 Å². The van der Waals surface area contributed by atoms with Gasteiger partial charge in [-0.05, 0) is 49.1 Å². The fourth-order valence-electron chi connectivity index (χ4n) is 2.96. The average molecular weight is 281 g/mol. The van der Waals surface area contributed by atoms with Crippen LogP contribution in [0.2, 0.25) is 0 Å². The molecule has 110 valence electrons. The standard InChI is InChI=1S/C18H23N3/c1-14(17-7-3-4-10-19-17)20-13-15-8-9-18-16(12-15)6-5-11-21(18)2/h3-4,7-10,12,14,20H,5-6,11,13H2,1-2H3. The highest BCUT2D eigenvalue weighted by molar-refractivity contribution is 5.56. The predicted molar refractivity (Wildman–Crippen MR) is 87.5 cm³/mol. The molecule has 3 nitrogen and oxygen atoms in total. The van der Waals surface area contributed by atoms with Crippen molar-refractivity contribution < 1.29 is 0 Å². The van der Waals surface area contributed by atoms with E-state index in [1.54, 1.807) is 0 Å². The molecular weight excluding hydrogens is 258 g/mol. The summed E-state index contributed by atoms with van der Waals surface area (Å²) in [6.45, 7) is 4.21. The highest BCUT2D eigenvalue weighted by atomic mass is 15.1. The van der Waals surface area contributed by atoms with Crippen molar-refractivity contribution in [1.29, 1.82) is 0 Å². The van der Waals surface area contributed by atoms with Crippen LogP contribution in [0.3, 0.4) is 0 Å². The molecule has 0 bridgehead atoms. The number of rotatable bonds is 4. The zero-order chi connectivity index (χ0) is 14.7. The maximum absolute atomic E-state index is 4.40. The molecule has 0 aliphatic carbocycles. The van der Waals surface area contributed by atoms with Crippen molar-refractivity contribution in [3.05, 3.63) is 59.4 Å². The summed E-state index contributed by atoms with van der Waals surface area (Å²) < 4.78 is 0. The molecule has 2 heterocycles. The third-order valence-corrected chi connectivity index (χ3v) is 4.24. The number of aryl methyl sites for hydroxylation is 1. The van der Waals surface area contributed by atoms with Gasteiger partial charge in [0.2, 0.25) is 0 Å². The largest absolute Gasteiger partial charge is 0.374 e. The Hall–Kier alpha value is -1.87. The molecule has 1 aliphatic rings. The summed E-state index contributed by atoms with van der Waals surface area (Å²) in [5.41, 5.74) is 5.32. The van der Waals surface area contributed by atoms with E-state index in [1.807, 2.05) is 18.3 Å². The van der Waals surface area contributed by atoms with Gasteiger partial charge in [-0.3, -0.25) is 4.98 Å². The van der Waals surface area contributed by atoms with Gasteiger partial charge in [0.1, 0.15) is 0 Å². The molecule has 0 saturated heterocycles. The third-order valence-electron chi connectivity index (χ3n) is 4.24. The number of benzene rings is 1. The first-order valence-corrected chi connectivity index (χ1v) is 7.71. The van der Waals surface area contributed by atoms with Crippen molar-refractivity contribution in [2.45, 2.75) is 32.4 Å². The van der Waals surface area contributed by atoms with Gasteiger partial charge < -0.3 is 10.2 Å². The van der Waals surface area contributed by atoms with Gasteiger partial charge in [0.25, 0.3) is 0 Å². The van der Waals surface area contributed by atoms with Gasteiger partial charge in [0.05, 0.1) is 5.69 Å². The van der Waals surface area contributed by atoms with Gasteiger partial charge in [-0.15, -0.1) is 0 Å². The fourth-order valence-corrected chi connectivity index (χ4v) is 2.96. The minimum atomic E-state index is 0.268. The number of anilines is 1. The van der Waals surface area contributed by atoms with Crippen molar-refractivity contribution in [2.75, 3.05) is 18.5 Å². The Bertz CT molecular complexity index is 595. The molecule has 0 radical (unpaired) electrons. The summed E-state index contributed by atoms with van der Waals surface area (Å²) in [6.07, 6.45) is 4.30. The van der Waals surface area contributed by atoms with Gasteiger partial charge in [-0.2, -0.15) is 0 Å². The molecule has 1 aromatic carbocycles. The SMILES string of the molecule is CC(NCc1ccc2c(c1)CCCN2C)c1ccccn1. The molecule has 3 heteroatoms. The van der Waals surface area contributed by atoms with E-state index in [0.29, 0.717) is 0 Å². The van der Waals surface area contributed by atoms with Crippen LogP contribution in [0.1, 0.15) is 36.2 Å². The molecule has 1 aromatic heterocycles. The molecule has 1 aliphatic heterocycles. The van der Waals surface area contributed by atoms with E-state index in [2.05, 4.69) is 53.4 Å². The number of pyridine rings is 1. The maximum atomic E-state index is 4.40. The van der Waals surface area contributed by atoms with Gasteiger partial charge >= 0.3 is 0 Å². The highest BCUT2D eigenvalue weighted by Gasteiger charge is 2.14. The molecule has 0 spiro atoms. The Morgan fingerprint density at radius 2 is 2.19 bits per heavy atom. The Morgan fingerprint density at radius 1 is 1.29 bits per heavy atom. The van der Waals surface area contributed by atoms with Crippen LogP contribution in [0.5, 0.6) is 0 Å². The van der Waals surface area contributed by atoms with Crippen LogP contribution >= 0.6 is 0 Å². The molecule has 1 N–H and O–H groups in total. The molecule has 0 amide bonds. The highest BCUT2D eigenvalue weighted by Crippen LogP contribution is 2.26. The first-order chi connectivity index (χ1) is 10.2. The van der Waals surface area contributed by atoms with E-state index in [9.17, 15) is 0 Å². The van der Waals surface area contributed by atoms with Crippen LogP contribution in [0.25, 0.3) is 0 Å². The molecular formula is C18H23N3. The first-order valence-electron chi connectivity index (χ1n) is 7.71.